The molecular weight excluding hydrogens is 253 g/mol. The van der Waals surface area contributed by atoms with Crippen LogP contribution < -0.4 is 0 Å². The van der Waals surface area contributed by atoms with Crippen LogP contribution in [-0.4, -0.2) is 19.6 Å². The first-order valence-electron chi connectivity index (χ1n) is 4.53. The van der Waals surface area contributed by atoms with E-state index >= 15 is 0 Å². The van der Waals surface area contributed by atoms with E-state index in [1.165, 1.54) is 19.1 Å². The van der Waals surface area contributed by atoms with Gasteiger partial charge in [0.25, 0.3) is 10.1 Å². The number of nitrogens with zero attached hydrogens (tertiary/aromatic N) is 1. The van der Waals surface area contributed by atoms with Crippen molar-refractivity contribution in [2.24, 2.45) is 0 Å². The largest absolute Gasteiger partial charge is 0.305 e. The van der Waals surface area contributed by atoms with Gasteiger partial charge in [0.2, 0.25) is 5.82 Å². The van der Waals surface area contributed by atoms with Crippen LogP contribution in [0.3, 0.4) is 0 Å². The van der Waals surface area contributed by atoms with Gasteiger partial charge in [-0.05, 0) is 6.92 Å². The highest BCUT2D eigenvalue weighted by atomic mass is 32.2. The third-order valence-electron chi connectivity index (χ3n) is 1.96. The average Bonchev–Trinajstić information content (AvgIpc) is 2.14. The van der Waals surface area contributed by atoms with Gasteiger partial charge in [-0.3, -0.25) is 14.3 Å². The third kappa shape index (κ3) is 3.46. The minimum Gasteiger partial charge on any atom is -0.262 e. The van der Waals surface area contributed by atoms with Crippen molar-refractivity contribution in [3.05, 3.63) is 39.7 Å². The first-order chi connectivity index (χ1) is 7.72. The standard InChI is InChI=1S/C9H10FNO5S/c1-6(16-17(2,14)15)7-4-3-5-8(9(7)10)11(12)13/h3-6H,1-2H3. The predicted octanol–water partition coefficient (Wildman–Crippen LogP) is 1.77. The van der Waals surface area contributed by atoms with Gasteiger partial charge in [-0.2, -0.15) is 12.8 Å². The van der Waals surface area contributed by atoms with Gasteiger partial charge < -0.3 is 0 Å². The highest BCUT2D eigenvalue weighted by Gasteiger charge is 2.23. The fourth-order valence-corrected chi connectivity index (χ4v) is 1.93. The molecular formula is C9H10FNO5S. The molecule has 0 N–H and O–H groups in total. The normalized spacial score (nSPS) is 13.4. The van der Waals surface area contributed by atoms with Gasteiger partial charge in [-0.25, -0.2) is 0 Å². The zero-order chi connectivity index (χ0) is 13.2. The Kier molecular flexibility index (Phi) is 3.79. The van der Waals surface area contributed by atoms with E-state index in [2.05, 4.69) is 4.18 Å². The first kappa shape index (κ1) is 13.5. The molecule has 0 heterocycles. The summed E-state index contributed by atoms with van der Waals surface area (Å²) < 4.78 is 39.9. The second kappa shape index (κ2) is 4.76. The molecule has 1 rings (SSSR count). The van der Waals surface area contributed by atoms with Gasteiger partial charge in [-0.15, -0.1) is 0 Å². The Morgan fingerprint density at radius 1 is 1.47 bits per heavy atom. The number of rotatable bonds is 4. The van der Waals surface area contributed by atoms with Crippen molar-refractivity contribution >= 4 is 15.8 Å². The Bertz CT molecular complexity index is 542. The van der Waals surface area contributed by atoms with E-state index in [0.29, 0.717) is 0 Å². The van der Waals surface area contributed by atoms with Gasteiger partial charge in [0.05, 0.1) is 11.2 Å². The van der Waals surface area contributed by atoms with Gasteiger partial charge in [0.15, 0.2) is 0 Å². The summed E-state index contributed by atoms with van der Waals surface area (Å²) in [7, 11) is -3.76. The Morgan fingerprint density at radius 3 is 2.53 bits per heavy atom. The van der Waals surface area contributed by atoms with E-state index in [0.717, 1.165) is 12.3 Å². The molecule has 0 saturated carbocycles. The minimum absolute atomic E-state index is 0.176. The summed E-state index contributed by atoms with van der Waals surface area (Å²) in [6.07, 6.45) is -0.302. The quantitative estimate of drug-likeness (QED) is 0.469. The molecule has 1 aromatic carbocycles. The molecule has 0 aromatic heterocycles. The van der Waals surface area contributed by atoms with Crippen molar-refractivity contribution in [1.29, 1.82) is 0 Å². The molecule has 8 heteroatoms. The van der Waals surface area contributed by atoms with Gasteiger partial charge in [0.1, 0.15) is 6.10 Å². The lowest BCUT2D eigenvalue weighted by atomic mass is 10.1. The number of halogens is 1. The molecule has 0 aliphatic rings. The van der Waals surface area contributed by atoms with Crippen molar-refractivity contribution in [3.63, 3.8) is 0 Å². The van der Waals surface area contributed by atoms with Crippen molar-refractivity contribution in [2.45, 2.75) is 13.0 Å². The van der Waals surface area contributed by atoms with Crippen LogP contribution in [-0.2, 0) is 14.3 Å². The number of nitro groups is 1. The topological polar surface area (TPSA) is 86.5 Å². The van der Waals surface area contributed by atoms with Crippen molar-refractivity contribution < 1.29 is 21.9 Å². The van der Waals surface area contributed by atoms with E-state index in [-0.39, 0.29) is 5.56 Å². The fourth-order valence-electron chi connectivity index (χ4n) is 1.31. The second-order valence-electron chi connectivity index (χ2n) is 3.38. The van der Waals surface area contributed by atoms with E-state index < -0.39 is 32.7 Å². The lowest BCUT2D eigenvalue weighted by Crippen LogP contribution is -2.09. The number of nitro benzene ring substituents is 1. The monoisotopic (exact) mass is 263 g/mol. The van der Waals surface area contributed by atoms with Crippen LogP contribution in [0, 0.1) is 15.9 Å². The summed E-state index contributed by atoms with van der Waals surface area (Å²) in [5.41, 5.74) is -0.893. The SMILES string of the molecule is CC(OS(C)(=O)=O)c1cccc([N+](=O)[O-])c1F. The smallest absolute Gasteiger partial charge is 0.262 e. The summed E-state index contributed by atoms with van der Waals surface area (Å²) in [4.78, 5) is 9.61. The molecule has 0 saturated heterocycles. The molecule has 0 fully saturated rings. The molecule has 0 radical (unpaired) electrons. The Morgan fingerprint density at radius 2 is 2.06 bits per heavy atom. The molecule has 17 heavy (non-hydrogen) atoms. The number of hydrogen-bond acceptors (Lipinski definition) is 5. The molecule has 6 nitrogen and oxygen atoms in total. The summed E-state index contributed by atoms with van der Waals surface area (Å²) in [6, 6.07) is 3.49. The van der Waals surface area contributed by atoms with Crippen LogP contribution in [0.25, 0.3) is 0 Å². The maximum absolute atomic E-state index is 13.6. The van der Waals surface area contributed by atoms with Crippen LogP contribution in [0.15, 0.2) is 18.2 Å². The van der Waals surface area contributed by atoms with E-state index in [1.54, 1.807) is 0 Å². The first-order valence-corrected chi connectivity index (χ1v) is 6.35. The van der Waals surface area contributed by atoms with Gasteiger partial charge in [0, 0.05) is 11.6 Å². The highest BCUT2D eigenvalue weighted by molar-refractivity contribution is 7.86. The Balaban J connectivity index is 3.15. The van der Waals surface area contributed by atoms with Crippen LogP contribution >= 0.6 is 0 Å². The minimum atomic E-state index is -3.76. The lowest BCUT2D eigenvalue weighted by molar-refractivity contribution is -0.387. The molecule has 1 atom stereocenters. The molecule has 1 aromatic rings. The zero-order valence-corrected chi connectivity index (χ0v) is 9.90. The van der Waals surface area contributed by atoms with Crippen molar-refractivity contribution in [3.8, 4) is 0 Å². The summed E-state index contributed by atoms with van der Waals surface area (Å²) in [5.74, 6) is -1.09. The molecule has 94 valence electrons. The van der Waals surface area contributed by atoms with Gasteiger partial charge in [-0.1, -0.05) is 12.1 Å². The zero-order valence-electron chi connectivity index (χ0n) is 9.08. The third-order valence-corrected chi connectivity index (χ3v) is 2.60. The van der Waals surface area contributed by atoms with Crippen LogP contribution in [0.4, 0.5) is 10.1 Å². The molecule has 0 aliphatic heterocycles. The molecule has 0 amide bonds. The van der Waals surface area contributed by atoms with Crippen molar-refractivity contribution in [2.75, 3.05) is 6.26 Å². The van der Waals surface area contributed by atoms with Crippen LogP contribution in [0.2, 0.25) is 0 Å². The second-order valence-corrected chi connectivity index (χ2v) is 4.98. The molecule has 0 aliphatic carbocycles. The lowest BCUT2D eigenvalue weighted by Gasteiger charge is -2.11. The Labute approximate surface area is 97.3 Å². The fraction of sp³-hybridized carbons (Fsp3) is 0.333. The van der Waals surface area contributed by atoms with E-state index in [1.807, 2.05) is 0 Å². The molecule has 0 spiro atoms. The summed E-state index contributed by atoms with van der Waals surface area (Å²) >= 11 is 0. The Hall–Kier alpha value is -1.54. The molecule has 1 unspecified atom stereocenters. The predicted molar refractivity (Wildman–Crippen MR) is 57.4 cm³/mol. The van der Waals surface area contributed by atoms with Gasteiger partial charge >= 0.3 is 5.69 Å². The van der Waals surface area contributed by atoms with Crippen LogP contribution in [0.1, 0.15) is 18.6 Å². The van der Waals surface area contributed by atoms with Crippen LogP contribution in [0.5, 0.6) is 0 Å². The maximum atomic E-state index is 13.6. The summed E-state index contributed by atoms with van der Waals surface area (Å²) in [5, 5.41) is 10.5. The highest BCUT2D eigenvalue weighted by Crippen LogP contribution is 2.27. The average molecular weight is 263 g/mol. The van der Waals surface area contributed by atoms with E-state index in [4.69, 9.17) is 0 Å². The molecule has 0 bridgehead atoms. The maximum Gasteiger partial charge on any atom is 0.305 e. The number of benzene rings is 1. The van der Waals surface area contributed by atoms with Crippen molar-refractivity contribution in [1.82, 2.24) is 0 Å². The van der Waals surface area contributed by atoms with E-state index in [9.17, 15) is 22.9 Å². The summed E-state index contributed by atoms with van der Waals surface area (Å²) in [6.45, 7) is 1.29. The number of hydrogen-bond donors (Lipinski definition) is 0.